The molecule has 5 heteroatoms. The molecule has 0 fully saturated rings. The van der Waals surface area contributed by atoms with E-state index < -0.39 is 0 Å². The fraction of sp³-hybridized carbons (Fsp3) is 0.133. The van der Waals surface area contributed by atoms with Gasteiger partial charge >= 0.3 is 0 Å². The molecule has 2 heterocycles. The summed E-state index contributed by atoms with van der Waals surface area (Å²) in [6.45, 7) is 2.40. The number of hydrogen-bond donors (Lipinski definition) is 2. The van der Waals surface area contributed by atoms with Crippen LogP contribution in [-0.4, -0.2) is 10.2 Å². The third kappa shape index (κ3) is 2.58. The van der Waals surface area contributed by atoms with Crippen molar-refractivity contribution in [3.8, 4) is 10.6 Å². The topological polar surface area (TPSA) is 40.7 Å². The Bertz CT molecular complexity index is 704. The summed E-state index contributed by atoms with van der Waals surface area (Å²) in [4.78, 5) is 1.13. The number of aromatic nitrogens is 2. The van der Waals surface area contributed by atoms with Gasteiger partial charge in [0.2, 0.25) is 0 Å². The van der Waals surface area contributed by atoms with Crippen molar-refractivity contribution in [3.05, 3.63) is 58.9 Å². The molecular formula is C15H14FN3S. The van der Waals surface area contributed by atoms with E-state index in [2.05, 4.69) is 15.5 Å². The van der Waals surface area contributed by atoms with Crippen molar-refractivity contribution in [2.45, 2.75) is 13.5 Å². The molecule has 102 valence electrons. The molecule has 0 aliphatic heterocycles. The summed E-state index contributed by atoms with van der Waals surface area (Å²) >= 11 is 1.65. The molecule has 3 nitrogen and oxygen atoms in total. The van der Waals surface area contributed by atoms with Crippen LogP contribution in [0.5, 0.6) is 0 Å². The highest BCUT2D eigenvalue weighted by Gasteiger charge is 2.09. The first-order valence-electron chi connectivity index (χ1n) is 6.30. The molecule has 0 bridgehead atoms. The molecule has 0 radical (unpaired) electrons. The van der Waals surface area contributed by atoms with E-state index in [4.69, 9.17) is 0 Å². The van der Waals surface area contributed by atoms with Gasteiger partial charge in [-0.05, 0) is 36.1 Å². The summed E-state index contributed by atoms with van der Waals surface area (Å²) < 4.78 is 13.8. The number of nitrogens with one attached hydrogen (secondary N) is 2. The third-order valence-electron chi connectivity index (χ3n) is 3.08. The maximum absolute atomic E-state index is 13.8. The fourth-order valence-corrected chi connectivity index (χ4v) is 2.79. The fourth-order valence-electron chi connectivity index (χ4n) is 2.03. The van der Waals surface area contributed by atoms with Gasteiger partial charge in [0.1, 0.15) is 5.82 Å². The predicted octanol–water partition coefficient (Wildman–Crippen LogP) is 4.20. The Morgan fingerprint density at radius 2 is 2.25 bits per heavy atom. The van der Waals surface area contributed by atoms with E-state index in [0.717, 1.165) is 21.7 Å². The Labute approximate surface area is 120 Å². The number of halogens is 1. The molecule has 20 heavy (non-hydrogen) atoms. The zero-order chi connectivity index (χ0) is 13.9. The van der Waals surface area contributed by atoms with E-state index in [-0.39, 0.29) is 5.82 Å². The highest BCUT2D eigenvalue weighted by molar-refractivity contribution is 7.13. The molecular weight excluding hydrogens is 273 g/mol. The van der Waals surface area contributed by atoms with E-state index in [1.165, 1.54) is 6.07 Å². The first kappa shape index (κ1) is 12.9. The van der Waals surface area contributed by atoms with Crippen molar-refractivity contribution in [1.82, 2.24) is 10.2 Å². The lowest BCUT2D eigenvalue weighted by Gasteiger charge is -2.08. The number of aromatic amines is 1. The number of nitrogens with zero attached hydrogens (tertiary/aromatic N) is 1. The average Bonchev–Trinajstić information content (AvgIpc) is 3.08. The van der Waals surface area contributed by atoms with Gasteiger partial charge in [-0.1, -0.05) is 12.1 Å². The lowest BCUT2D eigenvalue weighted by atomic mass is 10.2. The van der Waals surface area contributed by atoms with Gasteiger partial charge in [-0.25, -0.2) is 4.39 Å². The molecule has 0 atom stereocenters. The van der Waals surface area contributed by atoms with Gasteiger partial charge in [0.15, 0.2) is 0 Å². The van der Waals surface area contributed by atoms with Crippen molar-refractivity contribution in [2.24, 2.45) is 0 Å². The van der Waals surface area contributed by atoms with E-state index in [1.807, 2.05) is 30.5 Å². The Kier molecular flexibility index (Phi) is 3.52. The minimum Gasteiger partial charge on any atom is -0.378 e. The van der Waals surface area contributed by atoms with E-state index >= 15 is 0 Å². The van der Waals surface area contributed by atoms with Crippen LogP contribution in [0.4, 0.5) is 10.1 Å². The second-order valence-electron chi connectivity index (χ2n) is 4.58. The molecule has 0 saturated heterocycles. The van der Waals surface area contributed by atoms with E-state index in [9.17, 15) is 4.39 Å². The molecule has 0 unspecified atom stereocenters. The molecule has 2 aromatic heterocycles. The molecule has 0 amide bonds. The van der Waals surface area contributed by atoms with Crippen molar-refractivity contribution in [2.75, 3.05) is 5.32 Å². The Balaban J connectivity index is 1.78. The number of rotatable bonds is 4. The van der Waals surface area contributed by atoms with Gasteiger partial charge in [-0.15, -0.1) is 11.3 Å². The number of hydrogen-bond acceptors (Lipinski definition) is 3. The van der Waals surface area contributed by atoms with Gasteiger partial charge in [-0.3, -0.25) is 5.10 Å². The molecule has 0 saturated carbocycles. The average molecular weight is 287 g/mol. The van der Waals surface area contributed by atoms with E-state index in [1.54, 1.807) is 23.6 Å². The molecule has 2 N–H and O–H groups in total. The summed E-state index contributed by atoms with van der Waals surface area (Å²) in [5, 5.41) is 12.2. The Morgan fingerprint density at radius 3 is 3.00 bits per heavy atom. The Morgan fingerprint density at radius 1 is 1.35 bits per heavy atom. The molecule has 3 rings (SSSR count). The van der Waals surface area contributed by atoms with E-state index in [0.29, 0.717) is 12.2 Å². The van der Waals surface area contributed by atoms with Gasteiger partial charge in [0, 0.05) is 12.1 Å². The van der Waals surface area contributed by atoms with Crippen LogP contribution >= 0.6 is 11.3 Å². The van der Waals surface area contributed by atoms with Crippen LogP contribution in [0.2, 0.25) is 0 Å². The number of anilines is 1. The van der Waals surface area contributed by atoms with Crippen molar-refractivity contribution >= 4 is 17.0 Å². The van der Waals surface area contributed by atoms with Crippen LogP contribution in [0.3, 0.4) is 0 Å². The molecule has 0 spiro atoms. The summed E-state index contributed by atoms with van der Waals surface area (Å²) in [5.41, 5.74) is 3.43. The third-order valence-corrected chi connectivity index (χ3v) is 3.97. The Hall–Kier alpha value is -2.14. The van der Waals surface area contributed by atoms with Gasteiger partial charge in [0.05, 0.1) is 22.5 Å². The zero-order valence-corrected chi connectivity index (χ0v) is 11.8. The minimum absolute atomic E-state index is 0.230. The lowest BCUT2D eigenvalue weighted by Crippen LogP contribution is -2.01. The van der Waals surface area contributed by atoms with Crippen molar-refractivity contribution < 1.29 is 4.39 Å². The van der Waals surface area contributed by atoms with Crippen LogP contribution in [0.15, 0.2) is 41.9 Å². The number of aryl methyl sites for hydroxylation is 1. The second kappa shape index (κ2) is 5.46. The van der Waals surface area contributed by atoms with Crippen LogP contribution < -0.4 is 5.32 Å². The number of benzene rings is 1. The maximum Gasteiger partial charge on any atom is 0.146 e. The van der Waals surface area contributed by atoms with Crippen LogP contribution in [0.1, 0.15) is 11.1 Å². The van der Waals surface area contributed by atoms with Crippen LogP contribution in [0.25, 0.3) is 10.6 Å². The summed E-state index contributed by atoms with van der Waals surface area (Å²) in [7, 11) is 0. The van der Waals surface area contributed by atoms with Crippen LogP contribution in [-0.2, 0) is 6.54 Å². The quantitative estimate of drug-likeness (QED) is 0.755. The maximum atomic E-state index is 13.8. The number of H-pyrrole nitrogens is 1. The molecule has 3 aromatic rings. The second-order valence-corrected chi connectivity index (χ2v) is 5.53. The van der Waals surface area contributed by atoms with Gasteiger partial charge in [0.25, 0.3) is 0 Å². The van der Waals surface area contributed by atoms with Crippen LogP contribution in [0, 0.1) is 12.7 Å². The first-order chi connectivity index (χ1) is 9.74. The van der Waals surface area contributed by atoms with Gasteiger partial charge < -0.3 is 5.32 Å². The molecule has 0 aliphatic rings. The highest BCUT2D eigenvalue weighted by atomic mass is 32.1. The minimum atomic E-state index is -0.230. The molecule has 1 aromatic carbocycles. The largest absolute Gasteiger partial charge is 0.378 e. The normalized spacial score (nSPS) is 10.7. The summed E-state index contributed by atoms with van der Waals surface area (Å²) in [6.07, 6.45) is 1.77. The monoisotopic (exact) mass is 287 g/mol. The standard InChI is InChI=1S/C15H14FN3S/c1-10-4-5-13(12(16)7-10)17-8-11-9-18-19-15(11)14-3-2-6-20-14/h2-7,9,17H,8H2,1H3,(H,18,19). The highest BCUT2D eigenvalue weighted by Crippen LogP contribution is 2.26. The van der Waals surface area contributed by atoms with Crippen molar-refractivity contribution in [1.29, 1.82) is 0 Å². The first-order valence-corrected chi connectivity index (χ1v) is 7.18. The molecule has 0 aliphatic carbocycles. The number of thiophene rings is 1. The lowest BCUT2D eigenvalue weighted by molar-refractivity contribution is 0.629. The van der Waals surface area contributed by atoms with Gasteiger partial charge in [-0.2, -0.15) is 5.10 Å². The smallest absolute Gasteiger partial charge is 0.146 e. The SMILES string of the molecule is Cc1ccc(NCc2cn[nH]c2-c2cccs2)c(F)c1. The zero-order valence-electron chi connectivity index (χ0n) is 11.0. The summed E-state index contributed by atoms with van der Waals surface area (Å²) in [6, 6.07) is 9.21. The van der Waals surface area contributed by atoms with Crippen molar-refractivity contribution in [3.63, 3.8) is 0 Å². The predicted molar refractivity (Wildman–Crippen MR) is 80.4 cm³/mol. The summed E-state index contributed by atoms with van der Waals surface area (Å²) in [5.74, 6) is -0.230.